The maximum absolute atomic E-state index is 12.9. The Morgan fingerprint density at radius 1 is 1.00 bits per heavy atom. The summed E-state index contributed by atoms with van der Waals surface area (Å²) in [5, 5.41) is 0. The van der Waals surface area contributed by atoms with E-state index in [1.807, 2.05) is 41.3 Å². The zero-order valence-corrected chi connectivity index (χ0v) is 15.0. The number of carbonyl (C=O) groups excluding carboxylic acids is 1. The van der Waals surface area contributed by atoms with Gasteiger partial charge in [0.2, 0.25) is 5.91 Å². The normalized spacial score (nSPS) is 16.5. The van der Waals surface area contributed by atoms with Crippen molar-refractivity contribution in [2.45, 2.75) is 12.3 Å². The van der Waals surface area contributed by atoms with Gasteiger partial charge < -0.3 is 14.5 Å². The van der Waals surface area contributed by atoms with Gasteiger partial charge in [-0.15, -0.1) is 0 Å². The Morgan fingerprint density at radius 3 is 2.32 bits per heavy atom. The van der Waals surface area contributed by atoms with Crippen molar-refractivity contribution in [2.75, 3.05) is 40.3 Å². The largest absolute Gasteiger partial charge is 0.496 e. The van der Waals surface area contributed by atoms with Crippen LogP contribution >= 0.6 is 0 Å². The van der Waals surface area contributed by atoms with Crippen molar-refractivity contribution in [2.24, 2.45) is 0 Å². The minimum absolute atomic E-state index is 0.00417. The number of amides is 1. The van der Waals surface area contributed by atoms with Crippen LogP contribution in [0.15, 0.2) is 54.6 Å². The van der Waals surface area contributed by atoms with E-state index in [2.05, 4.69) is 30.1 Å². The third kappa shape index (κ3) is 4.20. The Labute approximate surface area is 150 Å². The molecule has 0 radical (unpaired) electrons. The van der Waals surface area contributed by atoms with Crippen molar-refractivity contribution >= 4 is 5.91 Å². The van der Waals surface area contributed by atoms with Gasteiger partial charge in [0, 0.05) is 44.1 Å². The summed E-state index contributed by atoms with van der Waals surface area (Å²) in [5.74, 6) is 1.06. The van der Waals surface area contributed by atoms with E-state index >= 15 is 0 Å². The number of rotatable bonds is 5. The summed E-state index contributed by atoms with van der Waals surface area (Å²) in [6.07, 6.45) is 0.466. The van der Waals surface area contributed by atoms with Crippen LogP contribution in [0.2, 0.25) is 0 Å². The number of likely N-dealkylation sites (N-methyl/N-ethyl adjacent to an activating group) is 1. The lowest BCUT2D eigenvalue weighted by atomic mass is 9.87. The first-order valence-electron chi connectivity index (χ1n) is 8.83. The van der Waals surface area contributed by atoms with Gasteiger partial charge in [-0.1, -0.05) is 48.5 Å². The van der Waals surface area contributed by atoms with Gasteiger partial charge in [-0.3, -0.25) is 4.79 Å². The van der Waals surface area contributed by atoms with Crippen molar-refractivity contribution in [3.05, 3.63) is 65.7 Å². The number of ether oxygens (including phenoxy) is 1. The number of para-hydroxylation sites is 1. The van der Waals surface area contributed by atoms with Crippen LogP contribution in [0.5, 0.6) is 5.75 Å². The third-order valence-electron chi connectivity index (χ3n) is 4.95. The molecular formula is C21H26N2O2. The zero-order valence-electron chi connectivity index (χ0n) is 15.0. The molecule has 1 heterocycles. The van der Waals surface area contributed by atoms with Crippen LogP contribution in [0.3, 0.4) is 0 Å². The van der Waals surface area contributed by atoms with E-state index in [0.29, 0.717) is 6.42 Å². The highest BCUT2D eigenvalue weighted by atomic mass is 16.5. The Hall–Kier alpha value is -2.33. The van der Waals surface area contributed by atoms with E-state index in [0.717, 1.165) is 43.1 Å². The second kappa shape index (κ2) is 8.17. The number of hydrogen-bond donors (Lipinski definition) is 0. The Balaban J connectivity index is 1.86. The summed E-state index contributed by atoms with van der Waals surface area (Å²) in [5.41, 5.74) is 2.22. The molecule has 4 nitrogen and oxygen atoms in total. The summed E-state index contributed by atoms with van der Waals surface area (Å²) in [6.45, 7) is 3.50. The van der Waals surface area contributed by atoms with Gasteiger partial charge in [-0.05, 0) is 18.7 Å². The van der Waals surface area contributed by atoms with E-state index in [-0.39, 0.29) is 11.8 Å². The Bertz CT molecular complexity index is 694. The van der Waals surface area contributed by atoms with Gasteiger partial charge in [0.25, 0.3) is 0 Å². The molecule has 0 aromatic heterocycles. The SMILES string of the molecule is COc1ccccc1[C@@H](CC(=O)N1CCN(C)CC1)c1ccccc1. The Kier molecular flexibility index (Phi) is 5.71. The first-order chi connectivity index (χ1) is 12.2. The van der Waals surface area contributed by atoms with Crippen LogP contribution in [-0.2, 0) is 4.79 Å². The predicted octanol–water partition coefficient (Wildman–Crippen LogP) is 2.99. The summed E-state index contributed by atoms with van der Waals surface area (Å²) in [7, 11) is 3.78. The molecular weight excluding hydrogens is 312 g/mol. The van der Waals surface area contributed by atoms with Crippen molar-refractivity contribution in [3.8, 4) is 5.75 Å². The van der Waals surface area contributed by atoms with Crippen LogP contribution in [0.1, 0.15) is 23.5 Å². The second-order valence-corrected chi connectivity index (χ2v) is 6.59. The summed E-state index contributed by atoms with van der Waals surface area (Å²) >= 11 is 0. The minimum Gasteiger partial charge on any atom is -0.496 e. The maximum atomic E-state index is 12.9. The average molecular weight is 338 g/mol. The Morgan fingerprint density at radius 2 is 1.64 bits per heavy atom. The van der Waals surface area contributed by atoms with E-state index in [1.54, 1.807) is 7.11 Å². The predicted molar refractivity (Wildman–Crippen MR) is 100.0 cm³/mol. The molecule has 0 bridgehead atoms. The minimum atomic E-state index is 0.00417. The van der Waals surface area contributed by atoms with Crippen LogP contribution in [0.4, 0.5) is 0 Å². The molecule has 0 N–H and O–H groups in total. The number of benzene rings is 2. The number of carbonyl (C=O) groups is 1. The molecule has 132 valence electrons. The van der Waals surface area contributed by atoms with Crippen molar-refractivity contribution in [1.82, 2.24) is 9.80 Å². The molecule has 4 heteroatoms. The monoisotopic (exact) mass is 338 g/mol. The first kappa shape index (κ1) is 17.5. The highest BCUT2D eigenvalue weighted by Gasteiger charge is 2.25. The van der Waals surface area contributed by atoms with Crippen molar-refractivity contribution in [1.29, 1.82) is 0 Å². The van der Waals surface area contributed by atoms with Crippen molar-refractivity contribution in [3.63, 3.8) is 0 Å². The highest BCUT2D eigenvalue weighted by molar-refractivity contribution is 5.78. The van der Waals surface area contributed by atoms with Gasteiger partial charge in [0.1, 0.15) is 5.75 Å². The quantitative estimate of drug-likeness (QED) is 0.840. The molecule has 25 heavy (non-hydrogen) atoms. The highest BCUT2D eigenvalue weighted by Crippen LogP contribution is 2.34. The molecule has 2 aromatic rings. The number of hydrogen-bond acceptors (Lipinski definition) is 3. The summed E-state index contributed by atoms with van der Waals surface area (Å²) < 4.78 is 5.56. The van der Waals surface area contributed by atoms with Gasteiger partial charge in [0.15, 0.2) is 0 Å². The van der Waals surface area contributed by atoms with Gasteiger partial charge >= 0.3 is 0 Å². The lowest BCUT2D eigenvalue weighted by molar-refractivity contribution is -0.133. The first-order valence-corrected chi connectivity index (χ1v) is 8.83. The molecule has 1 aliphatic heterocycles. The molecule has 0 spiro atoms. The van der Waals surface area contributed by atoms with Crippen LogP contribution in [-0.4, -0.2) is 56.0 Å². The van der Waals surface area contributed by atoms with E-state index < -0.39 is 0 Å². The molecule has 0 unspecified atom stereocenters. The fraction of sp³-hybridized carbons (Fsp3) is 0.381. The van der Waals surface area contributed by atoms with Crippen molar-refractivity contribution < 1.29 is 9.53 Å². The van der Waals surface area contributed by atoms with Gasteiger partial charge in [0.05, 0.1) is 7.11 Å². The molecule has 1 saturated heterocycles. The maximum Gasteiger partial charge on any atom is 0.223 e. The lowest BCUT2D eigenvalue weighted by Crippen LogP contribution is -2.47. The van der Waals surface area contributed by atoms with Gasteiger partial charge in [-0.2, -0.15) is 0 Å². The molecule has 3 rings (SSSR count). The molecule has 1 atom stereocenters. The molecule has 0 aliphatic carbocycles. The lowest BCUT2D eigenvalue weighted by Gasteiger charge is -2.33. The molecule has 1 aliphatic rings. The van der Waals surface area contributed by atoms with Crippen LogP contribution in [0, 0.1) is 0 Å². The summed E-state index contributed by atoms with van der Waals surface area (Å²) in [6, 6.07) is 18.2. The molecule has 0 saturated carbocycles. The fourth-order valence-electron chi connectivity index (χ4n) is 3.41. The smallest absolute Gasteiger partial charge is 0.223 e. The second-order valence-electron chi connectivity index (χ2n) is 6.59. The standard InChI is InChI=1S/C21H26N2O2/c1-22-12-14-23(15-13-22)21(24)16-19(17-8-4-3-5-9-17)18-10-6-7-11-20(18)25-2/h3-11,19H,12-16H2,1-2H3/t19-/m0/s1. The zero-order chi connectivity index (χ0) is 17.6. The summed E-state index contributed by atoms with van der Waals surface area (Å²) in [4.78, 5) is 17.2. The van der Waals surface area contributed by atoms with Crippen LogP contribution < -0.4 is 4.74 Å². The van der Waals surface area contributed by atoms with E-state index in [1.165, 1.54) is 0 Å². The third-order valence-corrected chi connectivity index (χ3v) is 4.95. The average Bonchev–Trinajstić information content (AvgIpc) is 2.67. The molecule has 1 amide bonds. The van der Waals surface area contributed by atoms with E-state index in [9.17, 15) is 4.79 Å². The molecule has 1 fully saturated rings. The number of piperazine rings is 1. The number of nitrogens with zero attached hydrogens (tertiary/aromatic N) is 2. The number of methoxy groups -OCH3 is 1. The van der Waals surface area contributed by atoms with Crippen LogP contribution in [0.25, 0.3) is 0 Å². The van der Waals surface area contributed by atoms with E-state index in [4.69, 9.17) is 4.74 Å². The van der Waals surface area contributed by atoms with Gasteiger partial charge in [-0.25, -0.2) is 0 Å². The molecule has 2 aromatic carbocycles. The fourth-order valence-corrected chi connectivity index (χ4v) is 3.41. The topological polar surface area (TPSA) is 32.8 Å².